The largest absolute Gasteiger partial charge is 0.490 e. The van der Waals surface area contributed by atoms with Crippen molar-refractivity contribution in [2.75, 3.05) is 19.0 Å². The molecular weight excluding hydrogens is 442 g/mol. The summed E-state index contributed by atoms with van der Waals surface area (Å²) < 4.78 is 13.9. The lowest BCUT2D eigenvalue weighted by molar-refractivity contribution is 0.287. The summed E-state index contributed by atoms with van der Waals surface area (Å²) in [6, 6.07) is 9.73. The van der Waals surface area contributed by atoms with Gasteiger partial charge in [-0.3, -0.25) is 9.36 Å². The number of pyridine rings is 1. The Balaban J connectivity index is 1.80. The maximum atomic E-state index is 13.6. The van der Waals surface area contributed by atoms with Gasteiger partial charge in [-0.15, -0.1) is 11.3 Å². The van der Waals surface area contributed by atoms with E-state index in [0.29, 0.717) is 36.0 Å². The SMILES string of the molecule is CCCCSc1nc2c(sc3ncccc32)c(=O)n1Cc1ccc(OCC)c(OCC)c1. The van der Waals surface area contributed by atoms with Crippen molar-refractivity contribution in [3.8, 4) is 11.5 Å². The fraction of sp³-hybridized carbons (Fsp3) is 0.375. The third-order valence-corrected chi connectivity index (χ3v) is 7.15. The second-order valence-corrected chi connectivity index (χ2v) is 9.33. The van der Waals surface area contributed by atoms with E-state index >= 15 is 0 Å². The fourth-order valence-corrected chi connectivity index (χ4v) is 5.58. The van der Waals surface area contributed by atoms with Crippen molar-refractivity contribution in [3.05, 3.63) is 52.4 Å². The van der Waals surface area contributed by atoms with E-state index in [1.807, 2.05) is 44.2 Å². The topological polar surface area (TPSA) is 66.2 Å². The van der Waals surface area contributed by atoms with Gasteiger partial charge in [0, 0.05) is 17.3 Å². The summed E-state index contributed by atoms with van der Waals surface area (Å²) in [4.78, 5) is 23.8. The molecule has 4 rings (SSSR count). The Kier molecular flexibility index (Phi) is 7.32. The summed E-state index contributed by atoms with van der Waals surface area (Å²) in [5.41, 5.74) is 1.70. The zero-order valence-electron chi connectivity index (χ0n) is 18.6. The van der Waals surface area contributed by atoms with E-state index in [1.54, 1.807) is 22.5 Å². The molecule has 3 heterocycles. The monoisotopic (exact) mass is 469 g/mol. The smallest absolute Gasteiger partial charge is 0.272 e. The molecule has 3 aromatic heterocycles. The maximum Gasteiger partial charge on any atom is 0.272 e. The first kappa shape index (κ1) is 22.6. The fourth-order valence-electron chi connectivity index (χ4n) is 3.47. The van der Waals surface area contributed by atoms with Crippen molar-refractivity contribution < 1.29 is 9.47 Å². The summed E-state index contributed by atoms with van der Waals surface area (Å²) in [6.45, 7) is 7.59. The second kappa shape index (κ2) is 10.4. The molecule has 0 bridgehead atoms. The summed E-state index contributed by atoms with van der Waals surface area (Å²) in [5, 5.41) is 1.68. The minimum absolute atomic E-state index is 0.0242. The molecule has 0 spiro atoms. The lowest BCUT2D eigenvalue weighted by atomic mass is 10.2. The van der Waals surface area contributed by atoms with Crippen LogP contribution in [-0.4, -0.2) is 33.5 Å². The lowest BCUT2D eigenvalue weighted by Crippen LogP contribution is -2.23. The van der Waals surface area contributed by atoms with Crippen molar-refractivity contribution in [2.45, 2.75) is 45.3 Å². The molecule has 1 aromatic carbocycles. The molecule has 0 aliphatic carbocycles. The van der Waals surface area contributed by atoms with Crippen molar-refractivity contribution in [2.24, 2.45) is 0 Å². The molecule has 0 saturated heterocycles. The van der Waals surface area contributed by atoms with Gasteiger partial charge >= 0.3 is 0 Å². The highest BCUT2D eigenvalue weighted by molar-refractivity contribution is 7.99. The van der Waals surface area contributed by atoms with Gasteiger partial charge in [0.2, 0.25) is 0 Å². The van der Waals surface area contributed by atoms with E-state index in [0.717, 1.165) is 45.0 Å². The highest BCUT2D eigenvalue weighted by Gasteiger charge is 2.18. The molecule has 0 N–H and O–H groups in total. The van der Waals surface area contributed by atoms with E-state index in [1.165, 1.54) is 11.3 Å². The normalized spacial score (nSPS) is 11.3. The second-order valence-electron chi connectivity index (χ2n) is 7.27. The first-order valence-corrected chi connectivity index (χ1v) is 12.8. The van der Waals surface area contributed by atoms with E-state index in [9.17, 15) is 4.79 Å². The van der Waals surface area contributed by atoms with Crippen LogP contribution in [0.25, 0.3) is 20.4 Å². The van der Waals surface area contributed by atoms with Crippen LogP contribution in [0, 0.1) is 0 Å². The van der Waals surface area contributed by atoms with Crippen molar-refractivity contribution in [1.82, 2.24) is 14.5 Å². The summed E-state index contributed by atoms with van der Waals surface area (Å²) in [7, 11) is 0. The van der Waals surface area contributed by atoms with Gasteiger partial charge in [-0.05, 0) is 50.1 Å². The Bertz CT molecular complexity index is 1280. The molecule has 0 amide bonds. The van der Waals surface area contributed by atoms with Gasteiger partial charge in [0.1, 0.15) is 9.53 Å². The predicted molar refractivity (Wildman–Crippen MR) is 133 cm³/mol. The Morgan fingerprint density at radius 2 is 1.91 bits per heavy atom. The van der Waals surface area contributed by atoms with Crippen LogP contribution in [0.4, 0.5) is 0 Å². The summed E-state index contributed by atoms with van der Waals surface area (Å²) in [5.74, 6) is 2.33. The Hall–Kier alpha value is -2.58. The van der Waals surface area contributed by atoms with E-state index < -0.39 is 0 Å². The molecule has 168 valence electrons. The van der Waals surface area contributed by atoms with E-state index in [-0.39, 0.29) is 5.56 Å². The third-order valence-electron chi connectivity index (χ3n) is 5.00. The van der Waals surface area contributed by atoms with Gasteiger partial charge in [-0.1, -0.05) is 31.2 Å². The number of thioether (sulfide) groups is 1. The number of hydrogen-bond acceptors (Lipinski definition) is 7. The standard InChI is InChI=1S/C24H27N3O3S2/c1-4-7-13-31-24-26-20-17-9-8-12-25-22(17)32-21(20)23(28)27(24)15-16-10-11-18(29-5-2)19(14-16)30-6-3/h8-12,14H,4-7,13,15H2,1-3H3. The predicted octanol–water partition coefficient (Wildman–Crippen LogP) is 5.74. The molecule has 0 atom stereocenters. The van der Waals surface area contributed by atoms with Gasteiger partial charge in [-0.25, -0.2) is 9.97 Å². The molecule has 32 heavy (non-hydrogen) atoms. The summed E-state index contributed by atoms with van der Waals surface area (Å²) >= 11 is 3.05. The minimum atomic E-state index is -0.0242. The van der Waals surface area contributed by atoms with Crippen molar-refractivity contribution in [1.29, 1.82) is 0 Å². The molecular formula is C24H27N3O3S2. The van der Waals surface area contributed by atoms with Gasteiger partial charge in [-0.2, -0.15) is 0 Å². The van der Waals surface area contributed by atoms with Gasteiger partial charge in [0.05, 0.1) is 25.3 Å². The quantitative estimate of drug-likeness (QED) is 0.168. The van der Waals surface area contributed by atoms with Crippen LogP contribution in [0.3, 0.4) is 0 Å². The summed E-state index contributed by atoms with van der Waals surface area (Å²) in [6.07, 6.45) is 3.92. The van der Waals surface area contributed by atoms with Crippen molar-refractivity contribution in [3.63, 3.8) is 0 Å². The van der Waals surface area contributed by atoms with Gasteiger partial charge < -0.3 is 9.47 Å². The zero-order valence-corrected chi connectivity index (χ0v) is 20.2. The zero-order chi connectivity index (χ0) is 22.5. The maximum absolute atomic E-state index is 13.6. The van der Waals surface area contributed by atoms with Crippen LogP contribution in [0.1, 0.15) is 39.2 Å². The highest BCUT2D eigenvalue weighted by atomic mass is 32.2. The highest BCUT2D eigenvalue weighted by Crippen LogP contribution is 2.32. The molecule has 0 radical (unpaired) electrons. The number of aromatic nitrogens is 3. The lowest BCUT2D eigenvalue weighted by Gasteiger charge is -2.15. The van der Waals surface area contributed by atoms with E-state index in [2.05, 4.69) is 11.9 Å². The van der Waals surface area contributed by atoms with Crippen LogP contribution in [0.5, 0.6) is 11.5 Å². The molecule has 0 fully saturated rings. The Labute approximate surface area is 195 Å². The Morgan fingerprint density at radius 3 is 2.69 bits per heavy atom. The van der Waals surface area contributed by atoms with Crippen LogP contribution in [0.15, 0.2) is 46.5 Å². The number of thiophene rings is 1. The van der Waals surface area contributed by atoms with Crippen LogP contribution in [-0.2, 0) is 6.54 Å². The van der Waals surface area contributed by atoms with Gasteiger partial charge in [0.25, 0.3) is 5.56 Å². The molecule has 0 aliphatic heterocycles. The number of hydrogen-bond donors (Lipinski definition) is 0. The number of ether oxygens (including phenoxy) is 2. The number of nitrogens with zero attached hydrogens (tertiary/aromatic N) is 3. The van der Waals surface area contributed by atoms with Crippen molar-refractivity contribution >= 4 is 43.5 Å². The molecule has 0 unspecified atom stereocenters. The van der Waals surface area contributed by atoms with E-state index in [4.69, 9.17) is 14.5 Å². The average Bonchev–Trinajstić information content (AvgIpc) is 3.17. The first-order valence-electron chi connectivity index (χ1n) is 11.0. The Morgan fingerprint density at radius 1 is 1.09 bits per heavy atom. The molecule has 8 heteroatoms. The third kappa shape index (κ3) is 4.61. The molecule has 0 aliphatic rings. The number of unbranched alkanes of at least 4 members (excludes halogenated alkanes) is 1. The first-order chi connectivity index (χ1) is 15.7. The van der Waals surface area contributed by atoms with Crippen LogP contribution in [0.2, 0.25) is 0 Å². The minimum Gasteiger partial charge on any atom is -0.490 e. The molecule has 6 nitrogen and oxygen atoms in total. The van der Waals surface area contributed by atoms with Crippen LogP contribution < -0.4 is 15.0 Å². The number of rotatable bonds is 10. The molecule has 4 aromatic rings. The molecule has 0 saturated carbocycles. The van der Waals surface area contributed by atoms with Gasteiger partial charge in [0.15, 0.2) is 16.7 Å². The average molecular weight is 470 g/mol. The number of fused-ring (bicyclic) bond motifs is 3. The van der Waals surface area contributed by atoms with Crippen LogP contribution >= 0.6 is 23.1 Å². The number of benzene rings is 1.